The van der Waals surface area contributed by atoms with E-state index in [0.29, 0.717) is 17.9 Å². The predicted molar refractivity (Wildman–Crippen MR) is 107 cm³/mol. The Kier molecular flexibility index (Phi) is 4.68. The second kappa shape index (κ2) is 7.28. The van der Waals surface area contributed by atoms with Crippen molar-refractivity contribution in [3.8, 4) is 0 Å². The van der Waals surface area contributed by atoms with Gasteiger partial charge in [-0.3, -0.25) is 14.3 Å². The van der Waals surface area contributed by atoms with E-state index >= 15 is 0 Å². The van der Waals surface area contributed by atoms with Gasteiger partial charge in [0.05, 0.1) is 17.6 Å². The highest BCUT2D eigenvalue weighted by Crippen LogP contribution is 2.24. The summed E-state index contributed by atoms with van der Waals surface area (Å²) in [5, 5.41) is 2.88. The predicted octanol–water partition coefficient (Wildman–Crippen LogP) is 2.19. The first-order valence-electron chi connectivity index (χ1n) is 9.17. The molecule has 1 aliphatic heterocycles. The van der Waals surface area contributed by atoms with Gasteiger partial charge in [-0.1, -0.05) is 18.2 Å². The van der Waals surface area contributed by atoms with Crippen LogP contribution in [0.2, 0.25) is 0 Å². The van der Waals surface area contributed by atoms with Crippen LogP contribution < -0.4 is 16.7 Å². The van der Waals surface area contributed by atoms with Crippen molar-refractivity contribution in [3.63, 3.8) is 0 Å². The van der Waals surface area contributed by atoms with E-state index in [1.165, 1.54) is 0 Å². The molecular formula is C20H23N5O2. The number of para-hydroxylation sites is 2. The molecule has 1 saturated heterocycles. The molecule has 7 nitrogen and oxygen atoms in total. The number of piperidine rings is 1. The first kappa shape index (κ1) is 17.4. The van der Waals surface area contributed by atoms with Crippen molar-refractivity contribution >= 4 is 28.3 Å². The lowest BCUT2D eigenvalue weighted by Crippen LogP contribution is -2.40. The number of rotatable bonds is 4. The zero-order valence-corrected chi connectivity index (χ0v) is 15.0. The molecule has 3 aromatic rings. The summed E-state index contributed by atoms with van der Waals surface area (Å²) >= 11 is 0. The molecule has 1 fully saturated rings. The van der Waals surface area contributed by atoms with Crippen molar-refractivity contribution in [1.82, 2.24) is 14.5 Å². The van der Waals surface area contributed by atoms with Crippen molar-refractivity contribution in [2.75, 3.05) is 30.7 Å². The lowest BCUT2D eigenvalue weighted by atomic mass is 10.0. The van der Waals surface area contributed by atoms with E-state index in [0.717, 1.165) is 37.0 Å². The summed E-state index contributed by atoms with van der Waals surface area (Å²) in [5.41, 5.74) is 8.82. The van der Waals surface area contributed by atoms with Gasteiger partial charge in [-0.2, -0.15) is 0 Å². The third-order valence-corrected chi connectivity index (χ3v) is 5.08. The number of imidazole rings is 1. The number of hydrogen-bond acceptors (Lipinski definition) is 4. The smallest absolute Gasteiger partial charge is 0.326 e. The van der Waals surface area contributed by atoms with Crippen LogP contribution >= 0.6 is 0 Å². The molecule has 2 heterocycles. The van der Waals surface area contributed by atoms with Crippen molar-refractivity contribution in [2.45, 2.75) is 18.9 Å². The summed E-state index contributed by atoms with van der Waals surface area (Å²) in [6, 6.07) is 15.1. The van der Waals surface area contributed by atoms with Gasteiger partial charge in [0.25, 0.3) is 0 Å². The highest BCUT2D eigenvalue weighted by molar-refractivity contribution is 5.92. The van der Waals surface area contributed by atoms with E-state index in [2.05, 4.69) is 15.2 Å². The number of carbonyl (C=O) groups excluding carboxylic acids is 1. The first-order chi connectivity index (χ1) is 13.1. The first-order valence-corrected chi connectivity index (χ1v) is 9.17. The normalized spacial score (nSPS) is 15.9. The number of likely N-dealkylation sites (tertiary alicyclic amines) is 1. The summed E-state index contributed by atoms with van der Waals surface area (Å²) in [6.07, 6.45) is 1.68. The molecule has 140 valence electrons. The fraction of sp³-hybridized carbons (Fsp3) is 0.300. The lowest BCUT2D eigenvalue weighted by Gasteiger charge is -2.32. The maximum atomic E-state index is 12.3. The lowest BCUT2D eigenvalue weighted by molar-refractivity contribution is -0.117. The van der Waals surface area contributed by atoms with E-state index in [1.54, 1.807) is 12.1 Å². The third kappa shape index (κ3) is 3.73. The molecule has 0 aliphatic carbocycles. The Bertz CT molecular complexity index is 1010. The Morgan fingerprint density at radius 2 is 1.93 bits per heavy atom. The molecule has 27 heavy (non-hydrogen) atoms. The molecule has 0 unspecified atom stereocenters. The molecule has 1 amide bonds. The van der Waals surface area contributed by atoms with Gasteiger partial charge in [0, 0.05) is 30.5 Å². The minimum absolute atomic E-state index is 0.0525. The van der Waals surface area contributed by atoms with Gasteiger partial charge in [-0.15, -0.1) is 0 Å². The van der Waals surface area contributed by atoms with Crippen LogP contribution in [0, 0.1) is 0 Å². The largest absolute Gasteiger partial charge is 0.399 e. The number of H-pyrrole nitrogens is 1. The molecular weight excluding hydrogens is 342 g/mol. The number of fused-ring (bicyclic) bond motifs is 1. The summed E-state index contributed by atoms with van der Waals surface area (Å²) < 4.78 is 1.86. The summed E-state index contributed by atoms with van der Waals surface area (Å²) in [7, 11) is 0. The Balaban J connectivity index is 1.37. The molecule has 0 saturated carbocycles. The summed E-state index contributed by atoms with van der Waals surface area (Å²) in [4.78, 5) is 29.7. The number of nitrogens with zero attached hydrogens (tertiary/aromatic N) is 2. The van der Waals surface area contributed by atoms with E-state index in [-0.39, 0.29) is 17.6 Å². The molecule has 1 aliphatic rings. The van der Waals surface area contributed by atoms with Crippen molar-refractivity contribution in [3.05, 3.63) is 59.0 Å². The van der Waals surface area contributed by atoms with Gasteiger partial charge in [-0.05, 0) is 43.2 Å². The molecule has 0 spiro atoms. The van der Waals surface area contributed by atoms with E-state index in [9.17, 15) is 9.59 Å². The van der Waals surface area contributed by atoms with Gasteiger partial charge in [-0.25, -0.2) is 4.79 Å². The summed E-state index contributed by atoms with van der Waals surface area (Å²) in [5.74, 6) is -0.0525. The molecule has 0 radical (unpaired) electrons. The topological polar surface area (TPSA) is 96.2 Å². The van der Waals surface area contributed by atoms with Crippen LogP contribution in [-0.4, -0.2) is 40.0 Å². The zero-order chi connectivity index (χ0) is 18.8. The molecule has 1 aromatic heterocycles. The number of hydrogen-bond donors (Lipinski definition) is 3. The Morgan fingerprint density at radius 3 is 2.70 bits per heavy atom. The fourth-order valence-electron chi connectivity index (χ4n) is 3.79. The van der Waals surface area contributed by atoms with Crippen LogP contribution in [0.25, 0.3) is 11.0 Å². The quantitative estimate of drug-likeness (QED) is 0.618. The summed E-state index contributed by atoms with van der Waals surface area (Å²) in [6.45, 7) is 1.90. The molecule has 0 bridgehead atoms. The maximum absolute atomic E-state index is 12.3. The number of amides is 1. The van der Waals surface area contributed by atoms with Crippen molar-refractivity contribution < 1.29 is 4.79 Å². The van der Waals surface area contributed by atoms with Crippen LogP contribution in [0.4, 0.5) is 11.4 Å². The SMILES string of the molecule is Nc1cccc(NC(=O)CN2CCC(n3c(=O)[nH]c4ccccc43)CC2)c1. The minimum Gasteiger partial charge on any atom is -0.399 e. The number of benzene rings is 2. The Morgan fingerprint density at radius 1 is 1.15 bits per heavy atom. The van der Waals surface area contributed by atoms with E-state index in [1.807, 2.05) is 41.0 Å². The number of nitrogen functional groups attached to an aromatic ring is 1. The van der Waals surface area contributed by atoms with Crippen LogP contribution in [0.3, 0.4) is 0 Å². The molecule has 7 heteroatoms. The number of nitrogens with two attached hydrogens (primary N) is 1. The van der Waals surface area contributed by atoms with Gasteiger partial charge < -0.3 is 16.0 Å². The Labute approximate surface area is 156 Å². The average Bonchev–Trinajstić information content (AvgIpc) is 2.98. The van der Waals surface area contributed by atoms with Gasteiger partial charge in [0.1, 0.15) is 0 Å². The molecule has 0 atom stereocenters. The second-order valence-electron chi connectivity index (χ2n) is 7.00. The van der Waals surface area contributed by atoms with Gasteiger partial charge in [0.2, 0.25) is 5.91 Å². The van der Waals surface area contributed by atoms with Crippen LogP contribution in [-0.2, 0) is 4.79 Å². The van der Waals surface area contributed by atoms with Crippen molar-refractivity contribution in [2.24, 2.45) is 0 Å². The number of aromatic amines is 1. The van der Waals surface area contributed by atoms with E-state index < -0.39 is 0 Å². The third-order valence-electron chi connectivity index (χ3n) is 5.08. The van der Waals surface area contributed by atoms with Crippen molar-refractivity contribution in [1.29, 1.82) is 0 Å². The molecule has 2 aromatic carbocycles. The monoisotopic (exact) mass is 365 g/mol. The average molecular weight is 365 g/mol. The maximum Gasteiger partial charge on any atom is 0.326 e. The number of anilines is 2. The fourth-order valence-corrected chi connectivity index (χ4v) is 3.79. The Hall–Kier alpha value is -3.06. The van der Waals surface area contributed by atoms with Gasteiger partial charge in [0.15, 0.2) is 0 Å². The van der Waals surface area contributed by atoms with Gasteiger partial charge >= 0.3 is 5.69 Å². The number of aromatic nitrogens is 2. The van der Waals surface area contributed by atoms with Crippen LogP contribution in [0.1, 0.15) is 18.9 Å². The van der Waals surface area contributed by atoms with E-state index in [4.69, 9.17) is 5.73 Å². The highest BCUT2D eigenvalue weighted by Gasteiger charge is 2.24. The van der Waals surface area contributed by atoms with Crippen LogP contribution in [0.15, 0.2) is 53.3 Å². The standard InChI is InChI=1S/C20H23N5O2/c21-14-4-3-5-15(12-14)22-19(26)13-24-10-8-16(9-11-24)25-18-7-2-1-6-17(18)23-20(25)27/h1-7,12,16H,8-11,13,21H2,(H,22,26)(H,23,27). The number of nitrogens with one attached hydrogen (secondary N) is 2. The highest BCUT2D eigenvalue weighted by atomic mass is 16.2. The molecule has 4 rings (SSSR count). The number of carbonyl (C=O) groups is 1. The minimum atomic E-state index is -0.0611. The van der Waals surface area contributed by atoms with Crippen LogP contribution in [0.5, 0.6) is 0 Å². The zero-order valence-electron chi connectivity index (χ0n) is 15.0. The molecule has 4 N–H and O–H groups in total. The second-order valence-corrected chi connectivity index (χ2v) is 7.00.